The number of aromatic amines is 1. The molecule has 2 N–H and O–H groups in total. The molecule has 0 amide bonds. The van der Waals surface area contributed by atoms with Crippen LogP contribution >= 0.6 is 0 Å². The van der Waals surface area contributed by atoms with Gasteiger partial charge in [-0.1, -0.05) is 18.2 Å². The van der Waals surface area contributed by atoms with Crippen LogP contribution in [0.2, 0.25) is 0 Å². The van der Waals surface area contributed by atoms with E-state index in [1.807, 2.05) is 42.5 Å². The number of nitrogens with zero attached hydrogens (tertiary/aromatic N) is 3. The number of benzene rings is 2. The number of carboxylic acid groups (broad SMARTS) is 1. The second-order valence-electron chi connectivity index (χ2n) is 5.91. The molecule has 2 aromatic carbocycles. The van der Waals surface area contributed by atoms with Crippen LogP contribution in [0.4, 0.5) is 0 Å². The first-order valence-corrected chi connectivity index (χ1v) is 8.37. The van der Waals surface area contributed by atoms with Crippen molar-refractivity contribution < 1.29 is 14.6 Å². The minimum absolute atomic E-state index is 0.206. The molecular weight excluding hydrogens is 332 g/mol. The highest BCUT2D eigenvalue weighted by Gasteiger charge is 2.10. The normalized spacial score (nSPS) is 10.6. The minimum atomic E-state index is -0.757. The van der Waals surface area contributed by atoms with Gasteiger partial charge in [-0.05, 0) is 48.2 Å². The first-order chi connectivity index (χ1) is 12.7. The maximum absolute atomic E-state index is 10.5. The van der Waals surface area contributed by atoms with Gasteiger partial charge in [0.2, 0.25) is 0 Å². The van der Waals surface area contributed by atoms with Gasteiger partial charge in [0, 0.05) is 12.0 Å². The molecule has 3 aromatic rings. The zero-order chi connectivity index (χ0) is 18.4. The lowest BCUT2D eigenvalue weighted by Crippen LogP contribution is -1.99. The number of carbonyl (C=O) groups is 1. The van der Waals surface area contributed by atoms with Gasteiger partial charge in [-0.2, -0.15) is 15.6 Å². The Labute approximate surface area is 150 Å². The highest BCUT2D eigenvalue weighted by atomic mass is 16.5. The molecule has 0 radical (unpaired) electrons. The van der Waals surface area contributed by atoms with Gasteiger partial charge in [0.05, 0.1) is 6.61 Å². The summed E-state index contributed by atoms with van der Waals surface area (Å²) >= 11 is 0. The van der Waals surface area contributed by atoms with Crippen molar-refractivity contribution in [2.75, 3.05) is 6.61 Å². The number of ether oxygens (including phenoxy) is 1. The van der Waals surface area contributed by atoms with E-state index in [9.17, 15) is 4.79 Å². The second-order valence-corrected chi connectivity index (χ2v) is 5.91. The fourth-order valence-electron chi connectivity index (χ4n) is 2.72. The minimum Gasteiger partial charge on any atom is -0.494 e. The summed E-state index contributed by atoms with van der Waals surface area (Å²) < 4.78 is 5.74. The average molecular weight is 350 g/mol. The number of H-pyrrole nitrogens is 1. The molecule has 0 aliphatic carbocycles. The molecule has 0 spiro atoms. The van der Waals surface area contributed by atoms with Crippen molar-refractivity contribution in [1.29, 1.82) is 5.26 Å². The van der Waals surface area contributed by atoms with Gasteiger partial charge in [0.1, 0.15) is 17.5 Å². The SMILES string of the molecule is N#Cc1n[nH]nc1-c1ccc2cc(OCCCCCC(=O)O)ccc2c1. The number of unbranched alkanes of at least 4 members (excludes halogenated alkanes) is 2. The smallest absolute Gasteiger partial charge is 0.303 e. The van der Waals surface area contributed by atoms with Crippen LogP contribution in [0.3, 0.4) is 0 Å². The van der Waals surface area contributed by atoms with E-state index in [4.69, 9.17) is 15.1 Å². The van der Waals surface area contributed by atoms with Crippen LogP contribution in [0.1, 0.15) is 31.4 Å². The number of hydrogen-bond acceptors (Lipinski definition) is 5. The molecule has 0 saturated carbocycles. The zero-order valence-electron chi connectivity index (χ0n) is 14.1. The van der Waals surface area contributed by atoms with Crippen LogP contribution in [0.15, 0.2) is 36.4 Å². The number of fused-ring (bicyclic) bond motifs is 1. The molecule has 1 heterocycles. The fourth-order valence-corrected chi connectivity index (χ4v) is 2.72. The monoisotopic (exact) mass is 350 g/mol. The van der Waals surface area contributed by atoms with E-state index in [0.717, 1.165) is 34.9 Å². The van der Waals surface area contributed by atoms with Crippen LogP contribution in [-0.2, 0) is 4.79 Å². The number of nitriles is 1. The first-order valence-electron chi connectivity index (χ1n) is 8.37. The van der Waals surface area contributed by atoms with Crippen molar-refractivity contribution in [3.05, 3.63) is 42.1 Å². The highest BCUT2D eigenvalue weighted by molar-refractivity contribution is 5.88. The van der Waals surface area contributed by atoms with Crippen molar-refractivity contribution in [3.63, 3.8) is 0 Å². The molecule has 0 bridgehead atoms. The molecule has 0 unspecified atom stereocenters. The number of aliphatic carboxylic acids is 1. The third-order valence-electron chi connectivity index (χ3n) is 4.04. The van der Waals surface area contributed by atoms with E-state index >= 15 is 0 Å². The third kappa shape index (κ3) is 4.16. The Morgan fingerprint density at radius 2 is 1.92 bits per heavy atom. The summed E-state index contributed by atoms with van der Waals surface area (Å²) in [6.07, 6.45) is 2.54. The van der Waals surface area contributed by atoms with Gasteiger partial charge in [-0.15, -0.1) is 5.10 Å². The van der Waals surface area contributed by atoms with Gasteiger partial charge >= 0.3 is 5.97 Å². The predicted octanol–water partition coefficient (Wildman–Crippen LogP) is 3.52. The standard InChI is InChI=1S/C19H18N4O3/c20-12-17-19(22-23-21-17)15-6-5-14-11-16(8-7-13(14)10-15)26-9-3-1-2-4-18(24)25/h5-8,10-11H,1-4,9H2,(H,24,25)(H,21,22,23). The van der Waals surface area contributed by atoms with Crippen LogP contribution in [0.25, 0.3) is 22.0 Å². The number of carboxylic acids is 1. The van der Waals surface area contributed by atoms with Crippen molar-refractivity contribution in [2.24, 2.45) is 0 Å². The Bertz CT molecular complexity index is 959. The molecule has 0 saturated heterocycles. The summed E-state index contributed by atoms with van der Waals surface area (Å²) in [4.78, 5) is 10.5. The molecule has 0 aliphatic rings. The molecule has 0 aliphatic heterocycles. The fraction of sp³-hybridized carbons (Fsp3) is 0.263. The highest BCUT2D eigenvalue weighted by Crippen LogP contribution is 2.27. The zero-order valence-corrected chi connectivity index (χ0v) is 14.1. The summed E-state index contributed by atoms with van der Waals surface area (Å²) in [6.45, 7) is 0.563. The Kier molecular flexibility index (Phi) is 5.44. The van der Waals surface area contributed by atoms with Crippen molar-refractivity contribution >= 4 is 16.7 Å². The van der Waals surface area contributed by atoms with Crippen LogP contribution in [0.5, 0.6) is 5.75 Å². The van der Waals surface area contributed by atoms with E-state index in [0.29, 0.717) is 18.7 Å². The van der Waals surface area contributed by atoms with Gasteiger partial charge < -0.3 is 9.84 Å². The Balaban J connectivity index is 1.64. The number of hydrogen-bond donors (Lipinski definition) is 2. The molecule has 132 valence electrons. The molecule has 0 atom stereocenters. The van der Waals surface area contributed by atoms with E-state index in [1.54, 1.807) is 0 Å². The lowest BCUT2D eigenvalue weighted by molar-refractivity contribution is -0.137. The summed E-state index contributed by atoms with van der Waals surface area (Å²) in [5.74, 6) is 0.0231. The van der Waals surface area contributed by atoms with Crippen LogP contribution < -0.4 is 4.74 Å². The molecule has 26 heavy (non-hydrogen) atoms. The Hall–Kier alpha value is -3.40. The largest absolute Gasteiger partial charge is 0.494 e. The second kappa shape index (κ2) is 8.12. The van der Waals surface area contributed by atoms with E-state index in [-0.39, 0.29) is 12.1 Å². The molecule has 0 fully saturated rings. The molecule has 3 rings (SSSR count). The molecule has 1 aromatic heterocycles. The summed E-state index contributed by atoms with van der Waals surface area (Å²) in [7, 11) is 0. The van der Waals surface area contributed by atoms with Crippen molar-refractivity contribution in [2.45, 2.75) is 25.7 Å². The van der Waals surface area contributed by atoms with E-state index < -0.39 is 5.97 Å². The van der Waals surface area contributed by atoms with Crippen molar-refractivity contribution in [3.8, 4) is 23.1 Å². The Morgan fingerprint density at radius 1 is 1.12 bits per heavy atom. The van der Waals surface area contributed by atoms with Gasteiger partial charge in [0.25, 0.3) is 0 Å². The summed E-state index contributed by atoms with van der Waals surface area (Å²) in [6, 6.07) is 13.7. The van der Waals surface area contributed by atoms with Gasteiger partial charge in [0.15, 0.2) is 5.69 Å². The molecule has 7 heteroatoms. The Morgan fingerprint density at radius 3 is 2.73 bits per heavy atom. The molecular formula is C19H18N4O3. The van der Waals surface area contributed by atoms with Crippen LogP contribution in [-0.4, -0.2) is 33.1 Å². The third-order valence-corrected chi connectivity index (χ3v) is 4.04. The molecule has 7 nitrogen and oxygen atoms in total. The van der Waals surface area contributed by atoms with Gasteiger partial charge in [-0.25, -0.2) is 0 Å². The lowest BCUT2D eigenvalue weighted by atomic mass is 10.0. The number of rotatable bonds is 8. The quantitative estimate of drug-likeness (QED) is 0.601. The van der Waals surface area contributed by atoms with Crippen LogP contribution in [0, 0.1) is 11.3 Å². The maximum atomic E-state index is 10.5. The lowest BCUT2D eigenvalue weighted by Gasteiger charge is -2.08. The average Bonchev–Trinajstić information content (AvgIpc) is 3.12. The number of nitrogens with one attached hydrogen (secondary N) is 1. The summed E-state index contributed by atoms with van der Waals surface area (Å²) in [5.41, 5.74) is 1.64. The van der Waals surface area contributed by atoms with Gasteiger partial charge in [-0.3, -0.25) is 4.79 Å². The topological polar surface area (TPSA) is 112 Å². The number of aromatic nitrogens is 3. The van der Waals surface area contributed by atoms with E-state index in [1.165, 1.54) is 0 Å². The first kappa shape index (κ1) is 17.4. The van der Waals surface area contributed by atoms with E-state index in [2.05, 4.69) is 15.4 Å². The van der Waals surface area contributed by atoms with Crippen molar-refractivity contribution in [1.82, 2.24) is 15.4 Å². The summed E-state index contributed by atoms with van der Waals surface area (Å²) in [5, 5.41) is 30.0. The maximum Gasteiger partial charge on any atom is 0.303 e. The predicted molar refractivity (Wildman–Crippen MR) is 95.6 cm³/mol.